The lowest BCUT2D eigenvalue weighted by Gasteiger charge is -2.18. The van der Waals surface area contributed by atoms with Crippen LogP contribution in [0.5, 0.6) is 0 Å². The predicted octanol–water partition coefficient (Wildman–Crippen LogP) is 2.41. The van der Waals surface area contributed by atoms with Crippen molar-refractivity contribution >= 4 is 0 Å². The highest BCUT2D eigenvalue weighted by molar-refractivity contribution is 4.62. The third kappa shape index (κ3) is 6.39. The number of nitrogens with two attached hydrogens (primary N) is 1. The zero-order valence-electron chi connectivity index (χ0n) is 10.00. The smallest absolute Gasteiger partial charge is 0.0461 e. The van der Waals surface area contributed by atoms with Crippen LogP contribution < -0.4 is 5.73 Å². The summed E-state index contributed by atoms with van der Waals surface area (Å²) >= 11 is 0. The molecule has 0 amide bonds. The van der Waals surface area contributed by atoms with E-state index in [9.17, 15) is 0 Å². The maximum absolute atomic E-state index is 9.13. The Morgan fingerprint density at radius 1 is 1.07 bits per heavy atom. The molecule has 2 heteroatoms. The lowest BCUT2D eigenvalue weighted by Crippen LogP contribution is -2.14. The summed E-state index contributed by atoms with van der Waals surface area (Å²) in [5.74, 6) is 1.75. The molecule has 0 fully saturated rings. The number of hydrogen-bond acceptors (Lipinski definition) is 2. The van der Waals surface area contributed by atoms with Crippen LogP contribution in [0.1, 0.15) is 46.5 Å². The largest absolute Gasteiger partial charge is 0.396 e. The molecule has 0 radical (unpaired) electrons. The topological polar surface area (TPSA) is 46.2 Å². The van der Waals surface area contributed by atoms with Crippen LogP contribution in [0.3, 0.4) is 0 Å². The van der Waals surface area contributed by atoms with Gasteiger partial charge in [-0.2, -0.15) is 0 Å². The van der Waals surface area contributed by atoms with Crippen molar-refractivity contribution in [2.75, 3.05) is 13.2 Å². The van der Waals surface area contributed by atoms with Gasteiger partial charge in [0.05, 0.1) is 0 Å². The molecule has 0 spiro atoms. The van der Waals surface area contributed by atoms with Gasteiger partial charge in [-0.05, 0) is 37.1 Å². The summed E-state index contributed by atoms with van der Waals surface area (Å²) in [6.07, 6.45) is 4.87. The fraction of sp³-hybridized carbons (Fsp3) is 1.00. The van der Waals surface area contributed by atoms with E-state index in [2.05, 4.69) is 20.8 Å². The molecule has 0 bridgehead atoms. The Morgan fingerprint density at radius 3 is 2.07 bits per heavy atom. The van der Waals surface area contributed by atoms with E-state index < -0.39 is 0 Å². The predicted molar refractivity (Wildman–Crippen MR) is 62.1 cm³/mol. The highest BCUT2D eigenvalue weighted by Crippen LogP contribution is 2.18. The first kappa shape index (κ1) is 13.9. The van der Waals surface area contributed by atoms with Crippen LogP contribution in [0, 0.1) is 17.8 Å². The average molecular weight is 201 g/mol. The highest BCUT2D eigenvalue weighted by atomic mass is 16.3. The van der Waals surface area contributed by atoms with Crippen molar-refractivity contribution in [1.82, 2.24) is 0 Å². The second-order valence-corrected chi connectivity index (χ2v) is 4.81. The zero-order valence-corrected chi connectivity index (χ0v) is 10.00. The summed E-state index contributed by atoms with van der Waals surface area (Å²) in [4.78, 5) is 0. The van der Waals surface area contributed by atoms with Crippen LogP contribution in [0.25, 0.3) is 0 Å². The first-order chi connectivity index (χ1) is 6.61. The first-order valence-electron chi connectivity index (χ1n) is 5.92. The van der Waals surface area contributed by atoms with Crippen LogP contribution in [0.4, 0.5) is 0 Å². The number of rotatable bonds is 8. The van der Waals surface area contributed by atoms with Crippen LogP contribution in [-0.4, -0.2) is 18.3 Å². The minimum absolute atomic E-state index is 0.337. The van der Waals surface area contributed by atoms with Crippen molar-refractivity contribution in [2.24, 2.45) is 23.5 Å². The fourth-order valence-electron chi connectivity index (χ4n) is 1.65. The molecule has 0 aromatic heterocycles. The molecule has 14 heavy (non-hydrogen) atoms. The van der Waals surface area contributed by atoms with Crippen LogP contribution in [-0.2, 0) is 0 Å². The molecule has 0 aromatic rings. The van der Waals surface area contributed by atoms with Crippen molar-refractivity contribution in [2.45, 2.75) is 46.5 Å². The molecule has 0 aliphatic heterocycles. The van der Waals surface area contributed by atoms with Gasteiger partial charge in [-0.25, -0.2) is 0 Å². The molecule has 2 nitrogen and oxygen atoms in total. The summed E-state index contributed by atoms with van der Waals surface area (Å²) in [5, 5.41) is 9.13. The summed E-state index contributed by atoms with van der Waals surface area (Å²) in [6.45, 7) is 7.70. The molecule has 0 heterocycles. The Morgan fingerprint density at radius 2 is 1.64 bits per heavy atom. The first-order valence-corrected chi connectivity index (χ1v) is 5.92. The standard InChI is InChI=1S/C12H27NO/c1-10(2)12(9-14)7-5-4-6-11(3)8-13/h10-12,14H,4-9,13H2,1-3H3. The number of aliphatic hydroxyl groups excluding tert-OH is 1. The molecule has 0 aliphatic rings. The van der Waals surface area contributed by atoms with Gasteiger partial charge >= 0.3 is 0 Å². The molecular formula is C12H27NO. The minimum Gasteiger partial charge on any atom is -0.396 e. The van der Waals surface area contributed by atoms with Gasteiger partial charge in [0.2, 0.25) is 0 Å². The molecule has 2 unspecified atom stereocenters. The fourth-order valence-corrected chi connectivity index (χ4v) is 1.65. The molecule has 0 aromatic carbocycles. The normalized spacial score (nSPS) is 15.9. The molecule has 86 valence electrons. The van der Waals surface area contributed by atoms with Gasteiger partial charge in [-0.15, -0.1) is 0 Å². The second kappa shape index (κ2) is 8.25. The molecule has 2 atom stereocenters. The van der Waals surface area contributed by atoms with Gasteiger partial charge < -0.3 is 10.8 Å². The Labute approximate surface area is 88.9 Å². The maximum Gasteiger partial charge on any atom is 0.0461 e. The van der Waals surface area contributed by atoms with E-state index in [4.69, 9.17) is 10.8 Å². The van der Waals surface area contributed by atoms with Crippen molar-refractivity contribution in [3.8, 4) is 0 Å². The third-order valence-electron chi connectivity index (χ3n) is 3.10. The third-order valence-corrected chi connectivity index (χ3v) is 3.10. The van der Waals surface area contributed by atoms with E-state index >= 15 is 0 Å². The Hall–Kier alpha value is -0.0800. The van der Waals surface area contributed by atoms with Gasteiger partial charge in [0.15, 0.2) is 0 Å². The lowest BCUT2D eigenvalue weighted by atomic mass is 9.90. The second-order valence-electron chi connectivity index (χ2n) is 4.81. The quantitative estimate of drug-likeness (QED) is 0.592. The van der Waals surface area contributed by atoms with E-state index in [0.717, 1.165) is 13.0 Å². The monoisotopic (exact) mass is 201 g/mol. The van der Waals surface area contributed by atoms with Crippen molar-refractivity contribution < 1.29 is 5.11 Å². The molecular weight excluding hydrogens is 174 g/mol. The Kier molecular flexibility index (Phi) is 8.20. The molecule has 3 N–H and O–H groups in total. The van der Waals surface area contributed by atoms with Gasteiger partial charge in [-0.3, -0.25) is 0 Å². The van der Waals surface area contributed by atoms with Gasteiger partial charge in [0.25, 0.3) is 0 Å². The summed E-state index contributed by atoms with van der Waals surface area (Å²) in [7, 11) is 0. The SMILES string of the molecule is CC(CN)CCCCC(CO)C(C)C. The van der Waals surface area contributed by atoms with Gasteiger partial charge in [-0.1, -0.05) is 33.6 Å². The molecule has 0 saturated heterocycles. The molecule has 0 saturated carbocycles. The number of hydrogen-bond donors (Lipinski definition) is 2. The van der Waals surface area contributed by atoms with Gasteiger partial charge in [0.1, 0.15) is 0 Å². The zero-order chi connectivity index (χ0) is 11.0. The van der Waals surface area contributed by atoms with Crippen LogP contribution in [0.2, 0.25) is 0 Å². The summed E-state index contributed by atoms with van der Waals surface area (Å²) < 4.78 is 0. The lowest BCUT2D eigenvalue weighted by molar-refractivity contribution is 0.177. The van der Waals surface area contributed by atoms with Crippen molar-refractivity contribution in [3.05, 3.63) is 0 Å². The molecule has 0 aliphatic carbocycles. The minimum atomic E-state index is 0.337. The van der Waals surface area contributed by atoms with Gasteiger partial charge in [0, 0.05) is 6.61 Å². The van der Waals surface area contributed by atoms with Crippen molar-refractivity contribution in [1.29, 1.82) is 0 Å². The van der Waals surface area contributed by atoms with E-state index in [1.54, 1.807) is 0 Å². The summed E-state index contributed by atoms with van der Waals surface area (Å²) in [6, 6.07) is 0. The van der Waals surface area contributed by atoms with E-state index in [1.807, 2.05) is 0 Å². The Balaban J connectivity index is 3.42. The maximum atomic E-state index is 9.13. The summed E-state index contributed by atoms with van der Waals surface area (Å²) in [5.41, 5.74) is 5.55. The van der Waals surface area contributed by atoms with E-state index in [-0.39, 0.29) is 0 Å². The van der Waals surface area contributed by atoms with Crippen LogP contribution >= 0.6 is 0 Å². The molecule has 0 rings (SSSR count). The number of aliphatic hydroxyl groups is 1. The number of unbranched alkanes of at least 4 members (excludes halogenated alkanes) is 1. The van der Waals surface area contributed by atoms with Crippen LogP contribution in [0.15, 0.2) is 0 Å². The van der Waals surface area contributed by atoms with E-state index in [0.29, 0.717) is 24.4 Å². The van der Waals surface area contributed by atoms with E-state index in [1.165, 1.54) is 19.3 Å². The highest BCUT2D eigenvalue weighted by Gasteiger charge is 2.11. The van der Waals surface area contributed by atoms with Crippen molar-refractivity contribution in [3.63, 3.8) is 0 Å². The average Bonchev–Trinajstić information content (AvgIpc) is 2.16. The Bertz CT molecular complexity index is 125.